The molecule has 0 N–H and O–H groups in total. The van der Waals surface area contributed by atoms with Gasteiger partial charge in [0.05, 0.1) is 0 Å². The molecule has 2 atom stereocenters. The third-order valence-corrected chi connectivity index (χ3v) is 4.71. The van der Waals surface area contributed by atoms with Crippen molar-refractivity contribution in [1.29, 1.82) is 0 Å². The highest BCUT2D eigenvalue weighted by molar-refractivity contribution is 6.20. The summed E-state index contributed by atoms with van der Waals surface area (Å²) in [7, 11) is 4.92. The molecule has 0 nitrogen and oxygen atoms in total. The fourth-order valence-corrected chi connectivity index (χ4v) is 3.06. The van der Waals surface area contributed by atoms with Crippen molar-refractivity contribution in [2.24, 2.45) is 11.8 Å². The van der Waals surface area contributed by atoms with Crippen molar-refractivity contribution in [3.63, 3.8) is 0 Å². The highest BCUT2D eigenvalue weighted by atomic mass is 14.1. The van der Waals surface area contributed by atoms with Crippen molar-refractivity contribution >= 4 is 7.85 Å². The topological polar surface area (TPSA) is 0 Å². The van der Waals surface area contributed by atoms with Crippen LogP contribution >= 0.6 is 0 Å². The number of hydrogen-bond donors (Lipinski definition) is 0. The highest BCUT2D eigenvalue weighted by Gasteiger charge is 2.05. The third-order valence-electron chi connectivity index (χ3n) is 4.71. The van der Waals surface area contributed by atoms with E-state index in [1.54, 1.807) is 12.5 Å². The van der Waals surface area contributed by atoms with Crippen LogP contribution < -0.4 is 0 Å². The zero-order valence-corrected chi connectivity index (χ0v) is 21.8. The Hall–Kier alpha value is -0.975. The lowest BCUT2D eigenvalue weighted by Crippen LogP contribution is -2.01. The van der Waals surface area contributed by atoms with E-state index in [0.717, 1.165) is 11.8 Å². The Morgan fingerprint density at radius 1 is 0.931 bits per heavy atom. The van der Waals surface area contributed by atoms with Gasteiger partial charge in [0.15, 0.2) is 0 Å². The highest BCUT2D eigenvalue weighted by Crippen LogP contribution is 2.18. The van der Waals surface area contributed by atoms with Crippen molar-refractivity contribution in [2.45, 2.75) is 121 Å². The maximum absolute atomic E-state index is 4.92. The first-order valence-corrected chi connectivity index (χ1v) is 12.1. The van der Waals surface area contributed by atoms with Gasteiger partial charge in [0, 0.05) is 0 Å². The van der Waals surface area contributed by atoms with Gasteiger partial charge in [0.2, 0.25) is 0 Å². The van der Waals surface area contributed by atoms with Crippen LogP contribution in [0.5, 0.6) is 0 Å². The van der Waals surface area contributed by atoms with Crippen molar-refractivity contribution in [1.82, 2.24) is 0 Å². The molecule has 2 radical (unpaired) electrons. The zero-order chi connectivity index (χ0) is 23.2. The Labute approximate surface area is 187 Å². The Kier molecular flexibility index (Phi) is 26.3. The quantitative estimate of drug-likeness (QED) is 0.381. The summed E-state index contributed by atoms with van der Waals surface area (Å²) >= 11 is 0. The maximum Gasteiger partial charge on any atom is 0.106 e. The predicted molar refractivity (Wildman–Crippen MR) is 139 cm³/mol. The number of allylic oxidation sites excluding steroid dienone is 1. The second-order valence-electron chi connectivity index (χ2n) is 8.67. The molecule has 29 heavy (non-hydrogen) atoms. The van der Waals surface area contributed by atoms with Crippen LogP contribution in [0.3, 0.4) is 0 Å². The van der Waals surface area contributed by atoms with Crippen molar-refractivity contribution in [3.8, 4) is 0 Å². The molecule has 0 aliphatic rings. The molecule has 1 heteroatoms. The SMILES string of the molecule is CCC.CCCC(C)CC(C)CC.CCCCc1c(C)cccc1C.[B]C(=C)C. The third kappa shape index (κ3) is 25.0. The largest absolute Gasteiger partial charge is 0.128 e. The lowest BCUT2D eigenvalue weighted by Gasteiger charge is -2.14. The lowest BCUT2D eigenvalue weighted by molar-refractivity contribution is 0.384. The van der Waals surface area contributed by atoms with E-state index in [9.17, 15) is 0 Å². The molecule has 0 aliphatic heterocycles. The van der Waals surface area contributed by atoms with Crippen LogP contribution in [0.15, 0.2) is 30.3 Å². The standard InChI is InChI=1S/C12H18.C10H22.C3H5B.C3H8/c1-4-5-9-12-10(2)7-6-8-11(12)3;1-5-7-10(4)8-9(3)6-2;1-3(2)4;1-3-2/h6-8H,4-5,9H2,1-3H3;9-10H,5-8H2,1-4H3;1H2,2H3;3H2,1-2H3. The van der Waals surface area contributed by atoms with E-state index in [-0.39, 0.29) is 0 Å². The summed E-state index contributed by atoms with van der Waals surface area (Å²) in [6.45, 7) is 25.3. The molecule has 0 fully saturated rings. The minimum Gasteiger partial charge on any atom is -0.128 e. The van der Waals surface area contributed by atoms with Gasteiger partial charge in [-0.2, -0.15) is 0 Å². The van der Waals surface area contributed by atoms with Gasteiger partial charge in [0.1, 0.15) is 7.85 Å². The van der Waals surface area contributed by atoms with E-state index < -0.39 is 0 Å². The number of aryl methyl sites for hydroxylation is 2. The van der Waals surface area contributed by atoms with E-state index in [1.165, 1.54) is 62.5 Å². The zero-order valence-electron chi connectivity index (χ0n) is 21.8. The van der Waals surface area contributed by atoms with Gasteiger partial charge < -0.3 is 0 Å². The summed E-state index contributed by atoms with van der Waals surface area (Å²) < 4.78 is 0. The minimum atomic E-state index is 0.667. The summed E-state index contributed by atoms with van der Waals surface area (Å²) in [5, 5.41) is 0. The molecule has 1 rings (SSSR count). The van der Waals surface area contributed by atoms with Crippen LogP contribution in [0.2, 0.25) is 0 Å². The predicted octanol–water partition coefficient (Wildman–Crippen LogP) is 9.61. The molecule has 168 valence electrons. The fourth-order valence-electron chi connectivity index (χ4n) is 3.06. The Morgan fingerprint density at radius 3 is 1.72 bits per heavy atom. The van der Waals surface area contributed by atoms with Crippen molar-refractivity contribution < 1.29 is 0 Å². The fraction of sp³-hybridized carbons (Fsp3) is 0.714. The molecule has 0 bridgehead atoms. The number of hydrogen-bond acceptors (Lipinski definition) is 0. The Balaban J connectivity index is -0.000000358. The van der Waals surface area contributed by atoms with Crippen LogP contribution in [-0.4, -0.2) is 7.85 Å². The van der Waals surface area contributed by atoms with Gasteiger partial charge in [0.25, 0.3) is 0 Å². The first-order valence-electron chi connectivity index (χ1n) is 12.1. The lowest BCUT2D eigenvalue weighted by atomic mass is 9.92. The molecule has 0 saturated carbocycles. The smallest absolute Gasteiger partial charge is 0.106 e. The van der Waals surface area contributed by atoms with E-state index >= 15 is 0 Å². The van der Waals surface area contributed by atoms with Gasteiger partial charge in [-0.1, -0.05) is 106 Å². The molecule has 0 aliphatic carbocycles. The molecule has 0 heterocycles. The van der Waals surface area contributed by atoms with E-state index in [4.69, 9.17) is 7.85 Å². The van der Waals surface area contributed by atoms with Crippen LogP contribution in [0.25, 0.3) is 0 Å². The van der Waals surface area contributed by atoms with E-state index in [2.05, 4.69) is 87.1 Å². The molecule has 2 unspecified atom stereocenters. The van der Waals surface area contributed by atoms with Gasteiger partial charge >= 0.3 is 0 Å². The maximum atomic E-state index is 4.92. The average molecular weight is 401 g/mol. The number of unbranched alkanes of at least 4 members (excludes halogenated alkanes) is 1. The second kappa shape index (κ2) is 23.3. The monoisotopic (exact) mass is 400 g/mol. The van der Waals surface area contributed by atoms with Gasteiger partial charge in [-0.05, 0) is 61.6 Å². The minimum absolute atomic E-state index is 0.667. The summed E-state index contributed by atoms with van der Waals surface area (Å²) in [4.78, 5) is 0. The van der Waals surface area contributed by atoms with Crippen molar-refractivity contribution in [3.05, 3.63) is 46.9 Å². The molecule has 1 aromatic rings. The van der Waals surface area contributed by atoms with Gasteiger partial charge in [-0.3, -0.25) is 0 Å². The Bertz CT molecular complexity index is 451. The summed E-state index contributed by atoms with van der Waals surface area (Å²) in [6, 6.07) is 6.55. The number of benzene rings is 1. The molecule has 0 amide bonds. The Morgan fingerprint density at radius 2 is 1.38 bits per heavy atom. The van der Waals surface area contributed by atoms with Crippen LogP contribution in [0.4, 0.5) is 0 Å². The molecule has 0 spiro atoms. The van der Waals surface area contributed by atoms with E-state index in [1.807, 2.05) is 0 Å². The average Bonchev–Trinajstić information content (AvgIpc) is 2.62. The normalized spacial score (nSPS) is 11.5. The van der Waals surface area contributed by atoms with Crippen molar-refractivity contribution in [2.75, 3.05) is 0 Å². The van der Waals surface area contributed by atoms with Gasteiger partial charge in [-0.15, -0.1) is 12.1 Å². The van der Waals surface area contributed by atoms with Crippen LogP contribution in [0, 0.1) is 25.7 Å². The molecular formula is C28H53B. The van der Waals surface area contributed by atoms with Crippen LogP contribution in [0.1, 0.15) is 117 Å². The molecule has 1 aromatic carbocycles. The first kappa shape index (κ1) is 32.7. The van der Waals surface area contributed by atoms with Crippen LogP contribution in [-0.2, 0) is 6.42 Å². The van der Waals surface area contributed by atoms with Gasteiger partial charge in [-0.25, -0.2) is 0 Å². The first-order chi connectivity index (χ1) is 13.6. The summed E-state index contributed by atoms with van der Waals surface area (Å²) in [5.41, 5.74) is 5.12. The molecule has 0 aromatic heterocycles. The second-order valence-corrected chi connectivity index (χ2v) is 8.67. The molecule has 0 saturated heterocycles. The number of rotatable bonds is 8. The van der Waals surface area contributed by atoms with E-state index in [0.29, 0.717) is 5.47 Å². The summed E-state index contributed by atoms with van der Waals surface area (Å²) in [5.74, 6) is 1.88. The molecular weight excluding hydrogens is 347 g/mol. The summed E-state index contributed by atoms with van der Waals surface area (Å²) in [6.07, 6.45) is 10.6.